The molecule has 1 fully saturated rings. The van der Waals surface area contributed by atoms with E-state index in [-0.39, 0.29) is 5.82 Å². The molecule has 0 unspecified atom stereocenters. The third-order valence-corrected chi connectivity index (χ3v) is 6.38. The Labute approximate surface area is 179 Å². The average Bonchev–Trinajstić information content (AvgIpc) is 3.22. The molecule has 150 valence electrons. The normalized spacial score (nSPS) is 13.7. The number of benzene rings is 2. The molecule has 1 aliphatic rings. The van der Waals surface area contributed by atoms with Gasteiger partial charge in [0, 0.05) is 24.2 Å². The van der Waals surface area contributed by atoms with Gasteiger partial charge in [0.15, 0.2) is 0 Å². The summed E-state index contributed by atoms with van der Waals surface area (Å²) in [4.78, 5) is 7.10. The lowest BCUT2D eigenvalue weighted by Gasteiger charge is -2.31. The summed E-state index contributed by atoms with van der Waals surface area (Å²) in [5, 5.41) is 5.28. The standard InChI is InChI=1S/C22H23FN4S2/c1-2-16-10-21(29-26-22-14-28-15-25-22)19(23)11-20(16)24-12-17-6-3-4-7-18(17)13-27-8-5-9-27/h2-4,6-7,10-11,14-15,24,26H,1,5,8-9,12-13H2. The van der Waals surface area contributed by atoms with Gasteiger partial charge in [0.1, 0.15) is 11.6 Å². The highest BCUT2D eigenvalue weighted by molar-refractivity contribution is 8.00. The smallest absolute Gasteiger partial charge is 0.147 e. The average molecular weight is 427 g/mol. The molecule has 2 heterocycles. The third kappa shape index (κ3) is 4.98. The van der Waals surface area contributed by atoms with Crippen LogP contribution in [0.4, 0.5) is 15.9 Å². The highest BCUT2D eigenvalue weighted by atomic mass is 32.2. The van der Waals surface area contributed by atoms with Crippen molar-refractivity contribution in [3.05, 3.63) is 76.4 Å². The number of rotatable bonds is 9. The zero-order valence-electron chi connectivity index (χ0n) is 16.0. The van der Waals surface area contributed by atoms with Crippen molar-refractivity contribution in [3.8, 4) is 0 Å². The van der Waals surface area contributed by atoms with Crippen molar-refractivity contribution in [1.29, 1.82) is 0 Å². The molecule has 2 N–H and O–H groups in total. The van der Waals surface area contributed by atoms with Gasteiger partial charge in [-0.2, -0.15) is 0 Å². The Bertz CT molecular complexity index is 971. The summed E-state index contributed by atoms with van der Waals surface area (Å²) >= 11 is 2.71. The van der Waals surface area contributed by atoms with Gasteiger partial charge in [-0.1, -0.05) is 36.9 Å². The Morgan fingerprint density at radius 1 is 1.24 bits per heavy atom. The highest BCUT2D eigenvalue weighted by Crippen LogP contribution is 2.30. The van der Waals surface area contributed by atoms with Crippen LogP contribution in [-0.2, 0) is 13.1 Å². The third-order valence-electron chi connectivity index (χ3n) is 4.95. The van der Waals surface area contributed by atoms with Crippen LogP contribution < -0.4 is 10.0 Å². The Morgan fingerprint density at radius 2 is 2.07 bits per heavy atom. The summed E-state index contributed by atoms with van der Waals surface area (Å²) in [6.45, 7) is 7.85. The Balaban J connectivity index is 1.46. The summed E-state index contributed by atoms with van der Waals surface area (Å²) < 4.78 is 17.7. The highest BCUT2D eigenvalue weighted by Gasteiger charge is 2.15. The zero-order valence-corrected chi connectivity index (χ0v) is 17.7. The van der Waals surface area contributed by atoms with E-state index >= 15 is 0 Å². The van der Waals surface area contributed by atoms with E-state index in [2.05, 4.69) is 50.8 Å². The maximum Gasteiger partial charge on any atom is 0.147 e. The minimum atomic E-state index is -0.278. The van der Waals surface area contributed by atoms with Crippen molar-refractivity contribution in [2.24, 2.45) is 0 Å². The Morgan fingerprint density at radius 3 is 2.76 bits per heavy atom. The predicted molar refractivity (Wildman–Crippen MR) is 122 cm³/mol. The molecule has 7 heteroatoms. The maximum atomic E-state index is 14.7. The molecule has 4 rings (SSSR count). The summed E-state index contributed by atoms with van der Waals surface area (Å²) in [6, 6.07) is 11.8. The monoisotopic (exact) mass is 426 g/mol. The number of thiazole rings is 1. The van der Waals surface area contributed by atoms with Crippen LogP contribution in [0.5, 0.6) is 0 Å². The molecule has 1 saturated heterocycles. The Kier molecular flexibility index (Phi) is 6.49. The lowest BCUT2D eigenvalue weighted by molar-refractivity contribution is 0.172. The van der Waals surface area contributed by atoms with Gasteiger partial charge in [-0.3, -0.25) is 4.90 Å². The number of hydrogen-bond acceptors (Lipinski definition) is 6. The first-order chi connectivity index (χ1) is 14.2. The van der Waals surface area contributed by atoms with Crippen molar-refractivity contribution < 1.29 is 4.39 Å². The van der Waals surface area contributed by atoms with Crippen LogP contribution in [0.3, 0.4) is 0 Å². The lowest BCUT2D eigenvalue weighted by atomic mass is 10.0. The largest absolute Gasteiger partial charge is 0.380 e. The zero-order chi connectivity index (χ0) is 20.1. The molecular formula is C22H23FN4S2. The van der Waals surface area contributed by atoms with Crippen molar-refractivity contribution in [3.63, 3.8) is 0 Å². The molecule has 0 radical (unpaired) electrons. The minimum absolute atomic E-state index is 0.278. The number of halogens is 1. The minimum Gasteiger partial charge on any atom is -0.380 e. The van der Waals surface area contributed by atoms with Gasteiger partial charge in [0.05, 0.1) is 10.4 Å². The van der Waals surface area contributed by atoms with Gasteiger partial charge in [0.2, 0.25) is 0 Å². The number of nitrogens with zero attached hydrogens (tertiary/aromatic N) is 2. The molecule has 29 heavy (non-hydrogen) atoms. The van der Waals surface area contributed by atoms with E-state index in [1.54, 1.807) is 23.7 Å². The second-order valence-corrected chi connectivity index (χ2v) is 8.47. The van der Waals surface area contributed by atoms with E-state index in [1.807, 2.05) is 5.38 Å². The van der Waals surface area contributed by atoms with Gasteiger partial charge >= 0.3 is 0 Å². The van der Waals surface area contributed by atoms with E-state index in [9.17, 15) is 4.39 Å². The van der Waals surface area contributed by atoms with Crippen LogP contribution >= 0.6 is 23.3 Å². The van der Waals surface area contributed by atoms with Gasteiger partial charge < -0.3 is 10.0 Å². The van der Waals surface area contributed by atoms with Crippen molar-refractivity contribution >= 4 is 40.9 Å². The molecule has 0 spiro atoms. The topological polar surface area (TPSA) is 40.2 Å². The summed E-state index contributed by atoms with van der Waals surface area (Å²) in [5.41, 5.74) is 5.91. The summed E-state index contributed by atoms with van der Waals surface area (Å²) in [6.07, 6.45) is 3.03. The summed E-state index contributed by atoms with van der Waals surface area (Å²) in [5.74, 6) is 0.445. The molecule has 4 nitrogen and oxygen atoms in total. The molecule has 0 bridgehead atoms. The fourth-order valence-corrected chi connectivity index (χ4v) is 4.42. The number of nitrogens with one attached hydrogen (secondary N) is 2. The number of likely N-dealkylation sites (tertiary alicyclic amines) is 1. The van der Waals surface area contributed by atoms with Crippen LogP contribution in [-0.4, -0.2) is 23.0 Å². The van der Waals surface area contributed by atoms with Crippen LogP contribution in [0.1, 0.15) is 23.1 Å². The molecule has 1 aromatic heterocycles. The van der Waals surface area contributed by atoms with E-state index < -0.39 is 0 Å². The lowest BCUT2D eigenvalue weighted by Crippen LogP contribution is -2.36. The molecule has 0 saturated carbocycles. The van der Waals surface area contributed by atoms with E-state index in [4.69, 9.17) is 0 Å². The van der Waals surface area contributed by atoms with Crippen LogP contribution in [0.25, 0.3) is 6.08 Å². The van der Waals surface area contributed by atoms with E-state index in [1.165, 1.54) is 53.9 Å². The SMILES string of the molecule is C=Cc1cc(SNc2cscn2)c(F)cc1NCc1ccccc1CN1CCC1. The molecule has 3 aromatic rings. The van der Waals surface area contributed by atoms with Gasteiger partial charge in [-0.15, -0.1) is 11.3 Å². The fourth-order valence-electron chi connectivity index (χ4n) is 3.19. The van der Waals surface area contributed by atoms with Crippen LogP contribution in [0, 0.1) is 5.82 Å². The van der Waals surface area contributed by atoms with Crippen LogP contribution in [0.15, 0.2) is 58.8 Å². The first-order valence-electron chi connectivity index (χ1n) is 9.53. The predicted octanol–water partition coefficient (Wildman–Crippen LogP) is 5.86. The fraction of sp³-hybridized carbons (Fsp3) is 0.227. The molecule has 0 amide bonds. The maximum absolute atomic E-state index is 14.7. The molecule has 1 aliphatic heterocycles. The van der Waals surface area contributed by atoms with E-state index in [0.717, 1.165) is 23.6 Å². The van der Waals surface area contributed by atoms with Gasteiger partial charge in [0.25, 0.3) is 0 Å². The van der Waals surface area contributed by atoms with Crippen molar-refractivity contribution in [2.45, 2.75) is 24.4 Å². The second kappa shape index (κ2) is 9.43. The first kappa shape index (κ1) is 19.9. The first-order valence-corrected chi connectivity index (χ1v) is 11.3. The summed E-state index contributed by atoms with van der Waals surface area (Å²) in [7, 11) is 0. The number of anilines is 2. The van der Waals surface area contributed by atoms with Crippen molar-refractivity contribution in [1.82, 2.24) is 9.88 Å². The molecule has 0 aliphatic carbocycles. The van der Waals surface area contributed by atoms with Crippen LogP contribution in [0.2, 0.25) is 0 Å². The van der Waals surface area contributed by atoms with Gasteiger partial charge in [-0.05, 0) is 60.3 Å². The Hall–Kier alpha value is -2.35. The molecular weight excluding hydrogens is 403 g/mol. The molecule has 2 aromatic carbocycles. The molecule has 0 atom stereocenters. The van der Waals surface area contributed by atoms with Gasteiger partial charge in [-0.25, -0.2) is 9.37 Å². The van der Waals surface area contributed by atoms with E-state index in [0.29, 0.717) is 11.4 Å². The quantitative estimate of drug-likeness (QED) is 0.419. The second-order valence-electron chi connectivity index (χ2n) is 6.90. The number of aromatic nitrogens is 1. The van der Waals surface area contributed by atoms with Crippen molar-refractivity contribution in [2.75, 3.05) is 23.1 Å². The number of hydrogen-bond donors (Lipinski definition) is 2.